The summed E-state index contributed by atoms with van der Waals surface area (Å²) < 4.78 is 0. The molecule has 82 valence electrons. The second kappa shape index (κ2) is 4.42. The number of aliphatic hydroxyl groups excluding tert-OH is 2. The zero-order chi connectivity index (χ0) is 11.6. The normalized spacial score (nSPS) is 21.3. The Bertz CT molecular complexity index is 370. The molecule has 4 nitrogen and oxygen atoms in total. The summed E-state index contributed by atoms with van der Waals surface area (Å²) in [5.41, 5.74) is 6.33. The second-order valence-corrected chi connectivity index (χ2v) is 3.50. The van der Waals surface area contributed by atoms with Crippen LogP contribution in [-0.2, 0) is 0 Å². The van der Waals surface area contributed by atoms with E-state index in [4.69, 9.17) is 11.6 Å². The molecule has 0 aromatic heterocycles. The van der Waals surface area contributed by atoms with Crippen LogP contribution in [0.15, 0.2) is 47.1 Å². The summed E-state index contributed by atoms with van der Waals surface area (Å²) in [5.74, 6) is -0.761. The first-order valence-corrected chi connectivity index (χ1v) is 4.66. The molecule has 1 rings (SSSR count). The van der Waals surface area contributed by atoms with Crippen LogP contribution in [0.5, 0.6) is 0 Å². The highest BCUT2D eigenvalue weighted by molar-refractivity contribution is 6.32. The zero-order valence-corrected chi connectivity index (χ0v) is 9.10. The number of aliphatic hydroxyl groups is 2. The molecule has 0 amide bonds. The Kier molecular flexibility index (Phi) is 3.44. The topological polar surface area (TPSA) is 64.5 Å². The van der Waals surface area contributed by atoms with E-state index in [1.54, 1.807) is 7.05 Å². The third-order valence-electron chi connectivity index (χ3n) is 2.07. The van der Waals surface area contributed by atoms with E-state index in [1.165, 1.54) is 6.08 Å². The Morgan fingerprint density at radius 3 is 2.67 bits per heavy atom. The van der Waals surface area contributed by atoms with Crippen molar-refractivity contribution in [1.29, 1.82) is 0 Å². The Hall–Kier alpha value is -1.39. The summed E-state index contributed by atoms with van der Waals surface area (Å²) in [6.07, 6.45) is 1.18. The van der Waals surface area contributed by atoms with Crippen molar-refractivity contribution in [2.75, 3.05) is 7.05 Å². The minimum atomic E-state index is -0.527. The van der Waals surface area contributed by atoms with Crippen LogP contribution in [0.3, 0.4) is 0 Å². The molecule has 0 radical (unpaired) electrons. The molecule has 0 spiro atoms. The van der Waals surface area contributed by atoms with E-state index in [2.05, 4.69) is 24.0 Å². The first-order valence-electron chi connectivity index (χ1n) is 4.29. The smallest absolute Gasteiger partial charge is 0.137 e. The van der Waals surface area contributed by atoms with Gasteiger partial charge in [0.05, 0.1) is 11.0 Å². The lowest BCUT2D eigenvalue weighted by molar-refractivity contribution is 0.342. The van der Waals surface area contributed by atoms with Crippen LogP contribution in [0.1, 0.15) is 0 Å². The predicted molar refractivity (Wildman–Crippen MR) is 60.2 cm³/mol. The van der Waals surface area contributed by atoms with Crippen molar-refractivity contribution in [1.82, 2.24) is 10.9 Å². The fourth-order valence-corrected chi connectivity index (χ4v) is 1.54. The van der Waals surface area contributed by atoms with Gasteiger partial charge in [0.25, 0.3) is 0 Å². The minimum absolute atomic E-state index is 0.0466. The molecule has 0 saturated carbocycles. The van der Waals surface area contributed by atoms with Gasteiger partial charge in [-0.1, -0.05) is 24.8 Å². The van der Waals surface area contributed by atoms with Gasteiger partial charge in [-0.05, 0) is 5.57 Å². The Labute approximate surface area is 93.2 Å². The summed E-state index contributed by atoms with van der Waals surface area (Å²) >= 11 is 5.81. The molecular formula is C10H13ClN2O2. The quantitative estimate of drug-likeness (QED) is 0.557. The maximum absolute atomic E-state index is 9.64. The van der Waals surface area contributed by atoms with E-state index in [-0.39, 0.29) is 16.6 Å². The first-order chi connectivity index (χ1) is 6.99. The minimum Gasteiger partial charge on any atom is -0.511 e. The van der Waals surface area contributed by atoms with Gasteiger partial charge < -0.3 is 15.6 Å². The molecule has 1 aliphatic carbocycles. The molecule has 4 N–H and O–H groups in total. The highest BCUT2D eigenvalue weighted by Gasteiger charge is 2.28. The van der Waals surface area contributed by atoms with Gasteiger partial charge in [0.1, 0.15) is 11.5 Å². The van der Waals surface area contributed by atoms with Crippen molar-refractivity contribution in [3.05, 3.63) is 47.1 Å². The maximum Gasteiger partial charge on any atom is 0.137 e. The van der Waals surface area contributed by atoms with Gasteiger partial charge in [-0.15, -0.1) is 0 Å². The molecular weight excluding hydrogens is 216 g/mol. The fraction of sp³-hybridized carbons (Fsp3) is 0.200. The van der Waals surface area contributed by atoms with E-state index in [9.17, 15) is 10.2 Å². The summed E-state index contributed by atoms with van der Waals surface area (Å²) in [5, 5.41) is 19.1. The molecule has 0 heterocycles. The lowest BCUT2D eigenvalue weighted by atomic mass is 9.90. The summed E-state index contributed by atoms with van der Waals surface area (Å²) in [6.45, 7) is 7.43. The average molecular weight is 229 g/mol. The molecule has 0 aliphatic heterocycles. The van der Waals surface area contributed by atoms with Crippen molar-refractivity contribution < 1.29 is 10.2 Å². The number of allylic oxidation sites excluding steroid dienone is 2. The predicted octanol–water partition coefficient (Wildman–Crippen LogP) is 1.86. The van der Waals surface area contributed by atoms with E-state index >= 15 is 0 Å². The molecule has 15 heavy (non-hydrogen) atoms. The lowest BCUT2D eigenvalue weighted by Gasteiger charge is -2.25. The molecule has 0 fully saturated rings. The SMILES string of the molecule is C=C(NNC)C1C(=C)C(Cl)=C(O)C=C1O. The van der Waals surface area contributed by atoms with E-state index in [0.29, 0.717) is 11.3 Å². The summed E-state index contributed by atoms with van der Waals surface area (Å²) in [6, 6.07) is 0. The highest BCUT2D eigenvalue weighted by Crippen LogP contribution is 2.36. The van der Waals surface area contributed by atoms with Crippen LogP contribution in [0, 0.1) is 5.92 Å². The second-order valence-electron chi connectivity index (χ2n) is 3.13. The van der Waals surface area contributed by atoms with Gasteiger partial charge in [-0.2, -0.15) is 0 Å². The number of halogens is 1. The van der Waals surface area contributed by atoms with Crippen LogP contribution < -0.4 is 10.9 Å². The van der Waals surface area contributed by atoms with Crippen LogP contribution >= 0.6 is 11.6 Å². The van der Waals surface area contributed by atoms with Gasteiger partial charge in [-0.25, -0.2) is 5.43 Å². The van der Waals surface area contributed by atoms with Crippen molar-refractivity contribution in [2.24, 2.45) is 5.92 Å². The largest absolute Gasteiger partial charge is 0.511 e. The fourth-order valence-electron chi connectivity index (χ4n) is 1.38. The van der Waals surface area contributed by atoms with Crippen LogP contribution in [-0.4, -0.2) is 17.3 Å². The zero-order valence-electron chi connectivity index (χ0n) is 8.34. The number of rotatable bonds is 3. The highest BCUT2D eigenvalue weighted by atomic mass is 35.5. The number of nitrogens with one attached hydrogen (secondary N) is 2. The van der Waals surface area contributed by atoms with Crippen molar-refractivity contribution in [3.8, 4) is 0 Å². The molecule has 5 heteroatoms. The van der Waals surface area contributed by atoms with Crippen molar-refractivity contribution in [3.63, 3.8) is 0 Å². The third kappa shape index (κ3) is 2.16. The first kappa shape index (κ1) is 11.7. The molecule has 1 atom stereocenters. The van der Waals surface area contributed by atoms with Gasteiger partial charge in [-0.3, -0.25) is 0 Å². The van der Waals surface area contributed by atoms with Crippen molar-refractivity contribution >= 4 is 11.6 Å². The standard InChI is InChI=1S/C10H13ClN2O2/c1-5-9(6(2)13-12-3)7(14)4-8(15)10(5)11/h4,9,12-15H,1-2H2,3H3. The molecule has 0 saturated heterocycles. The lowest BCUT2D eigenvalue weighted by Crippen LogP contribution is -2.32. The molecule has 1 aliphatic rings. The summed E-state index contributed by atoms with van der Waals surface area (Å²) in [7, 11) is 1.67. The van der Waals surface area contributed by atoms with Gasteiger partial charge in [0, 0.05) is 18.8 Å². The molecule has 0 bridgehead atoms. The number of hydrazine groups is 1. The molecule has 0 aromatic rings. The van der Waals surface area contributed by atoms with E-state index in [1.807, 2.05) is 0 Å². The monoisotopic (exact) mass is 228 g/mol. The van der Waals surface area contributed by atoms with Gasteiger partial charge in [0.2, 0.25) is 0 Å². The van der Waals surface area contributed by atoms with Crippen molar-refractivity contribution in [2.45, 2.75) is 0 Å². The van der Waals surface area contributed by atoms with E-state index in [0.717, 1.165) is 0 Å². The van der Waals surface area contributed by atoms with Crippen LogP contribution in [0.4, 0.5) is 0 Å². The molecule has 1 unspecified atom stereocenters. The Balaban J connectivity index is 3.00. The maximum atomic E-state index is 9.64. The summed E-state index contributed by atoms with van der Waals surface area (Å²) in [4.78, 5) is 0. The van der Waals surface area contributed by atoms with Crippen LogP contribution in [0.2, 0.25) is 0 Å². The van der Waals surface area contributed by atoms with Crippen LogP contribution in [0.25, 0.3) is 0 Å². The Morgan fingerprint density at radius 2 is 2.13 bits per heavy atom. The third-order valence-corrected chi connectivity index (χ3v) is 2.51. The Morgan fingerprint density at radius 1 is 1.53 bits per heavy atom. The number of hydrogen-bond acceptors (Lipinski definition) is 4. The van der Waals surface area contributed by atoms with E-state index < -0.39 is 5.92 Å². The number of hydrogen-bond donors (Lipinski definition) is 4. The average Bonchev–Trinajstić information content (AvgIpc) is 2.15. The molecule has 0 aromatic carbocycles. The van der Waals surface area contributed by atoms with Gasteiger partial charge in [0.15, 0.2) is 0 Å². The van der Waals surface area contributed by atoms with Gasteiger partial charge >= 0.3 is 0 Å².